The second-order valence-corrected chi connectivity index (χ2v) is 6.11. The van der Waals surface area contributed by atoms with Crippen molar-refractivity contribution in [1.29, 1.82) is 0 Å². The quantitative estimate of drug-likeness (QED) is 0.866. The predicted molar refractivity (Wildman–Crippen MR) is 95.3 cm³/mol. The molecule has 1 aromatic carbocycles. The lowest BCUT2D eigenvalue weighted by atomic mass is 10.1. The molecule has 0 radical (unpaired) electrons. The average Bonchev–Trinajstić information content (AvgIpc) is 3.00. The average molecular weight is 340 g/mol. The molecule has 0 aromatic heterocycles. The van der Waals surface area contributed by atoms with E-state index in [9.17, 15) is 9.59 Å². The van der Waals surface area contributed by atoms with Gasteiger partial charge in [-0.2, -0.15) is 0 Å². The summed E-state index contributed by atoms with van der Waals surface area (Å²) < 4.78 is 0. The molecular weight excluding hydrogens is 314 g/mol. The molecule has 23 heavy (non-hydrogen) atoms. The summed E-state index contributed by atoms with van der Waals surface area (Å²) in [4.78, 5) is 25.6. The molecule has 2 N–H and O–H groups in total. The molecule has 0 bridgehead atoms. The third-order valence-corrected chi connectivity index (χ3v) is 4.05. The van der Waals surface area contributed by atoms with Crippen molar-refractivity contribution in [3.63, 3.8) is 0 Å². The molecule has 6 heteroatoms. The van der Waals surface area contributed by atoms with Crippen molar-refractivity contribution >= 4 is 29.9 Å². The van der Waals surface area contributed by atoms with Crippen LogP contribution in [0.1, 0.15) is 41.6 Å². The van der Waals surface area contributed by atoms with Gasteiger partial charge in [-0.15, -0.1) is 12.4 Å². The maximum absolute atomic E-state index is 12.1. The molecule has 1 unspecified atom stereocenters. The van der Waals surface area contributed by atoms with Gasteiger partial charge in [-0.1, -0.05) is 6.07 Å². The Balaban J connectivity index is 0.00000264. The summed E-state index contributed by atoms with van der Waals surface area (Å²) in [6.45, 7) is 2.98. The van der Waals surface area contributed by atoms with Crippen LogP contribution in [0.2, 0.25) is 0 Å². The Labute approximate surface area is 144 Å². The number of nitrogens with one attached hydrogen (secondary N) is 2. The van der Waals surface area contributed by atoms with Crippen molar-refractivity contribution in [3.05, 3.63) is 29.3 Å². The number of rotatable bonds is 5. The number of amides is 2. The molecule has 0 aliphatic carbocycles. The first-order valence-corrected chi connectivity index (χ1v) is 7.83. The van der Waals surface area contributed by atoms with Gasteiger partial charge in [-0.3, -0.25) is 9.59 Å². The van der Waals surface area contributed by atoms with Crippen LogP contribution in [0.25, 0.3) is 0 Å². The molecule has 128 valence electrons. The van der Waals surface area contributed by atoms with Gasteiger partial charge in [0, 0.05) is 37.8 Å². The highest BCUT2D eigenvalue weighted by Crippen LogP contribution is 2.19. The van der Waals surface area contributed by atoms with Crippen LogP contribution < -0.4 is 10.6 Å². The van der Waals surface area contributed by atoms with Crippen LogP contribution in [-0.4, -0.2) is 43.4 Å². The van der Waals surface area contributed by atoms with Crippen molar-refractivity contribution in [2.24, 2.45) is 0 Å². The number of aryl methyl sites for hydroxylation is 1. The summed E-state index contributed by atoms with van der Waals surface area (Å²) >= 11 is 0. The molecule has 5 nitrogen and oxygen atoms in total. The zero-order chi connectivity index (χ0) is 16.1. The predicted octanol–water partition coefficient (Wildman–Crippen LogP) is 2.59. The van der Waals surface area contributed by atoms with E-state index in [1.807, 2.05) is 13.0 Å². The normalized spacial score (nSPS) is 16.6. The Morgan fingerprint density at radius 2 is 2.09 bits per heavy atom. The van der Waals surface area contributed by atoms with E-state index in [-0.39, 0.29) is 24.2 Å². The first-order chi connectivity index (χ1) is 10.5. The van der Waals surface area contributed by atoms with Crippen LogP contribution in [-0.2, 0) is 4.79 Å². The number of hydrogen-bond acceptors (Lipinski definition) is 3. The molecule has 0 saturated carbocycles. The minimum Gasteiger partial charge on any atom is -0.345 e. The fraction of sp³-hybridized carbons (Fsp3) is 0.529. The van der Waals surface area contributed by atoms with Gasteiger partial charge in [0.25, 0.3) is 5.91 Å². The molecule has 1 aliphatic rings. The number of carbonyl (C=O) groups excluding carboxylic acids is 2. The summed E-state index contributed by atoms with van der Waals surface area (Å²) in [5.74, 6) is -0.0584. The Morgan fingerprint density at radius 3 is 2.70 bits per heavy atom. The summed E-state index contributed by atoms with van der Waals surface area (Å²) in [5, 5.41) is 6.32. The van der Waals surface area contributed by atoms with Gasteiger partial charge in [0.2, 0.25) is 5.91 Å². The van der Waals surface area contributed by atoms with Crippen molar-refractivity contribution in [3.8, 4) is 0 Å². The molecular formula is C17H26ClN3O2. The number of anilines is 1. The lowest BCUT2D eigenvalue weighted by molar-refractivity contribution is -0.116. The van der Waals surface area contributed by atoms with Gasteiger partial charge < -0.3 is 15.5 Å². The van der Waals surface area contributed by atoms with Gasteiger partial charge >= 0.3 is 0 Å². The molecule has 1 aliphatic heterocycles. The number of nitrogens with zero attached hydrogens (tertiary/aromatic N) is 1. The minimum absolute atomic E-state index is 0. The Hall–Kier alpha value is -1.59. The van der Waals surface area contributed by atoms with E-state index in [0.29, 0.717) is 18.0 Å². The van der Waals surface area contributed by atoms with E-state index in [4.69, 9.17) is 0 Å². The number of hydrogen-bond donors (Lipinski definition) is 2. The largest absolute Gasteiger partial charge is 0.345 e. The fourth-order valence-corrected chi connectivity index (χ4v) is 2.67. The Bertz CT molecular complexity index is 555. The third kappa shape index (κ3) is 5.52. The standard InChI is InChI=1S/C17H25N3O2.ClH/c1-12-6-7-13(17(22)20(2)3)11-15(12)19-16(21)9-8-14-5-4-10-18-14;/h6-7,11,14,18H,4-5,8-10H2,1-3H3,(H,19,21);1H. The van der Waals surface area contributed by atoms with Crippen LogP contribution in [0.5, 0.6) is 0 Å². The van der Waals surface area contributed by atoms with Gasteiger partial charge in [0.1, 0.15) is 0 Å². The zero-order valence-corrected chi connectivity index (χ0v) is 14.8. The van der Waals surface area contributed by atoms with Gasteiger partial charge in [-0.25, -0.2) is 0 Å². The number of halogens is 1. The molecule has 2 amide bonds. The first-order valence-electron chi connectivity index (χ1n) is 7.83. The monoisotopic (exact) mass is 339 g/mol. The van der Waals surface area contributed by atoms with Gasteiger partial charge in [-0.05, 0) is 50.4 Å². The minimum atomic E-state index is -0.0642. The van der Waals surface area contributed by atoms with E-state index < -0.39 is 0 Å². The first kappa shape index (κ1) is 19.5. The lowest BCUT2D eigenvalue weighted by Crippen LogP contribution is -2.24. The number of benzene rings is 1. The molecule has 1 saturated heterocycles. The molecule has 1 heterocycles. The van der Waals surface area contributed by atoms with Crippen LogP contribution in [0.15, 0.2) is 18.2 Å². The molecule has 2 rings (SSSR count). The van der Waals surface area contributed by atoms with Gasteiger partial charge in [0.05, 0.1) is 0 Å². The number of carbonyl (C=O) groups is 2. The van der Waals surface area contributed by atoms with Crippen molar-refractivity contribution in [2.45, 2.75) is 38.6 Å². The van der Waals surface area contributed by atoms with E-state index >= 15 is 0 Å². The second-order valence-electron chi connectivity index (χ2n) is 6.11. The van der Waals surface area contributed by atoms with E-state index in [0.717, 1.165) is 30.6 Å². The summed E-state index contributed by atoms with van der Waals surface area (Å²) in [7, 11) is 3.43. The van der Waals surface area contributed by atoms with Crippen LogP contribution in [0.3, 0.4) is 0 Å². The highest BCUT2D eigenvalue weighted by Gasteiger charge is 2.16. The second kappa shape index (κ2) is 8.89. The smallest absolute Gasteiger partial charge is 0.253 e. The van der Waals surface area contributed by atoms with Crippen molar-refractivity contribution in [1.82, 2.24) is 10.2 Å². The third-order valence-electron chi connectivity index (χ3n) is 4.05. The van der Waals surface area contributed by atoms with Crippen LogP contribution in [0, 0.1) is 6.92 Å². The molecule has 1 aromatic rings. The lowest BCUT2D eigenvalue weighted by Gasteiger charge is -2.14. The van der Waals surface area contributed by atoms with Crippen LogP contribution >= 0.6 is 12.4 Å². The van der Waals surface area contributed by atoms with Gasteiger partial charge in [0.15, 0.2) is 0 Å². The topological polar surface area (TPSA) is 61.4 Å². The maximum Gasteiger partial charge on any atom is 0.253 e. The summed E-state index contributed by atoms with van der Waals surface area (Å²) in [6.07, 6.45) is 3.71. The van der Waals surface area contributed by atoms with Crippen LogP contribution in [0.4, 0.5) is 5.69 Å². The molecule has 1 fully saturated rings. The Morgan fingerprint density at radius 1 is 1.35 bits per heavy atom. The van der Waals surface area contributed by atoms with Crippen molar-refractivity contribution < 1.29 is 9.59 Å². The fourth-order valence-electron chi connectivity index (χ4n) is 2.67. The summed E-state index contributed by atoms with van der Waals surface area (Å²) in [6, 6.07) is 5.87. The van der Waals surface area contributed by atoms with E-state index in [1.165, 1.54) is 11.3 Å². The van der Waals surface area contributed by atoms with E-state index in [1.54, 1.807) is 26.2 Å². The molecule has 1 atom stereocenters. The summed E-state index contributed by atoms with van der Waals surface area (Å²) in [5.41, 5.74) is 2.27. The Kier molecular flexibility index (Phi) is 7.52. The SMILES string of the molecule is Cc1ccc(C(=O)N(C)C)cc1NC(=O)CCC1CCCN1.Cl. The van der Waals surface area contributed by atoms with Crippen molar-refractivity contribution in [2.75, 3.05) is 26.0 Å². The van der Waals surface area contributed by atoms with E-state index in [2.05, 4.69) is 10.6 Å². The molecule has 0 spiro atoms. The zero-order valence-electron chi connectivity index (χ0n) is 14.0. The maximum atomic E-state index is 12.1. The highest BCUT2D eigenvalue weighted by molar-refractivity contribution is 5.97. The highest BCUT2D eigenvalue weighted by atomic mass is 35.5.